The maximum absolute atomic E-state index is 7.50. The average Bonchev–Trinajstić information content (AvgIpc) is 2.91. The zero-order chi connectivity index (χ0) is 24.3. The second-order valence-corrected chi connectivity index (χ2v) is 10.9. The van der Waals surface area contributed by atoms with Crippen LogP contribution >= 0.6 is 0 Å². The summed E-state index contributed by atoms with van der Waals surface area (Å²) in [5, 5.41) is 0. The number of rotatable bonds is 8. The molecule has 0 unspecified atom stereocenters. The predicted molar refractivity (Wildman–Crippen MR) is 146 cm³/mol. The lowest BCUT2D eigenvalue weighted by atomic mass is 9.76. The Bertz CT molecular complexity index is 853. The molecule has 0 radical (unpaired) electrons. The van der Waals surface area contributed by atoms with Gasteiger partial charge >= 0.3 is 0 Å². The summed E-state index contributed by atoms with van der Waals surface area (Å²) < 4.78 is 0. The molecule has 0 saturated heterocycles. The summed E-state index contributed by atoms with van der Waals surface area (Å²) in [5.74, 6) is 3.26. The van der Waals surface area contributed by atoms with Crippen molar-refractivity contribution in [2.24, 2.45) is 11.8 Å². The second-order valence-electron chi connectivity index (χ2n) is 10.9. The Morgan fingerprint density at radius 2 is 1.18 bits per heavy atom. The maximum atomic E-state index is 7.50. The highest BCUT2D eigenvalue weighted by atomic mass is 16.2. The van der Waals surface area contributed by atoms with Crippen LogP contribution in [-0.2, 0) is 0 Å². The van der Waals surface area contributed by atoms with Crippen molar-refractivity contribution in [1.29, 1.82) is 5.59 Å². The van der Waals surface area contributed by atoms with Crippen molar-refractivity contribution in [3.05, 3.63) is 76.7 Å². The molecule has 2 aromatic carbocycles. The normalized spacial score (nSPS) is 24.6. The fourth-order valence-electron chi connectivity index (χ4n) is 6.28. The molecule has 34 heavy (non-hydrogen) atoms. The van der Waals surface area contributed by atoms with Crippen molar-refractivity contribution < 1.29 is 0 Å². The van der Waals surface area contributed by atoms with Crippen molar-refractivity contribution in [1.82, 2.24) is 0 Å². The number of unbranched alkanes of at least 4 members (excludes halogenated alkanes) is 2. The molecule has 2 saturated carbocycles. The van der Waals surface area contributed by atoms with E-state index < -0.39 is 0 Å². The summed E-state index contributed by atoms with van der Waals surface area (Å²) in [4.78, 5) is 7.50. The van der Waals surface area contributed by atoms with Crippen LogP contribution in [0.15, 0.2) is 60.7 Å². The third-order valence-electron chi connectivity index (χ3n) is 8.58. The lowest BCUT2D eigenvalue weighted by Gasteiger charge is -2.29. The van der Waals surface area contributed by atoms with E-state index in [9.17, 15) is 0 Å². The SMILES string of the molecule is C=C(C)C1CCC(c2ccc(-c3ccc(C4CCC(CCCCC)CC4)cc3)cc2)CC1.N=O. The molecule has 0 bridgehead atoms. The van der Waals surface area contributed by atoms with Crippen LogP contribution in [0.5, 0.6) is 0 Å². The van der Waals surface area contributed by atoms with Gasteiger partial charge in [0.1, 0.15) is 0 Å². The summed E-state index contributed by atoms with van der Waals surface area (Å²) in [6.07, 6.45) is 16.6. The molecule has 2 nitrogen and oxygen atoms in total. The molecule has 2 heteroatoms. The predicted octanol–water partition coefficient (Wildman–Crippen LogP) is 10.4. The zero-order valence-electron chi connectivity index (χ0n) is 21.5. The fraction of sp³-hybridized carbons (Fsp3) is 0.562. The standard InChI is InChI=1S/C32H44.HNO/c1-4-5-6-7-25-8-10-27(11-9-25)29-16-18-31(19-17-29)32-22-20-30(21-23-32)28-14-12-26(13-15-28)24(2)3;1-2/h16-23,25-28H,2,4-15H2,1,3H3;1H. The van der Waals surface area contributed by atoms with Gasteiger partial charge in [-0.2, -0.15) is 4.91 Å². The zero-order valence-corrected chi connectivity index (χ0v) is 21.5. The largest absolute Gasteiger partial charge is 0.154 e. The monoisotopic (exact) mass is 459 g/mol. The van der Waals surface area contributed by atoms with E-state index >= 15 is 0 Å². The van der Waals surface area contributed by atoms with Crippen molar-refractivity contribution in [3.8, 4) is 11.1 Å². The first-order chi connectivity index (χ1) is 16.6. The van der Waals surface area contributed by atoms with E-state index in [1.165, 1.54) is 99.3 Å². The molecule has 0 spiro atoms. The van der Waals surface area contributed by atoms with Gasteiger partial charge in [0, 0.05) is 0 Å². The molecule has 1 N–H and O–H groups in total. The molecule has 184 valence electrons. The van der Waals surface area contributed by atoms with E-state index in [0.717, 1.165) is 23.7 Å². The number of hydrogen-bond acceptors (Lipinski definition) is 2. The molecular formula is C32H45NO. The molecule has 2 aliphatic rings. The lowest BCUT2D eigenvalue weighted by Crippen LogP contribution is -2.13. The molecular weight excluding hydrogens is 414 g/mol. The van der Waals surface area contributed by atoms with Gasteiger partial charge in [-0.3, -0.25) is 0 Å². The van der Waals surface area contributed by atoms with Crippen molar-refractivity contribution in [2.75, 3.05) is 0 Å². The highest BCUT2D eigenvalue weighted by Crippen LogP contribution is 2.40. The highest BCUT2D eigenvalue weighted by molar-refractivity contribution is 5.64. The number of nitroso groups, excluding NO2 is 1. The van der Waals surface area contributed by atoms with Crippen molar-refractivity contribution in [3.63, 3.8) is 0 Å². The minimum atomic E-state index is 0.735. The molecule has 0 atom stereocenters. The summed E-state index contributed by atoms with van der Waals surface area (Å²) >= 11 is 0. The third-order valence-corrected chi connectivity index (χ3v) is 8.58. The Morgan fingerprint density at radius 1 is 0.735 bits per heavy atom. The first kappa shape index (κ1) is 26.4. The number of allylic oxidation sites excluding steroid dienone is 1. The number of hydrogen-bond donors (Lipinski definition) is 1. The third kappa shape index (κ3) is 7.14. The smallest absolute Gasteiger partial charge is 0.0162 e. The van der Waals surface area contributed by atoms with Gasteiger partial charge in [-0.25, -0.2) is 0 Å². The molecule has 2 aromatic rings. The Kier molecular flexibility index (Phi) is 10.6. The summed E-state index contributed by atoms with van der Waals surface area (Å²) in [6, 6.07) is 19.0. The van der Waals surface area contributed by atoms with Crippen LogP contribution in [0.4, 0.5) is 0 Å². The van der Waals surface area contributed by atoms with E-state index in [2.05, 4.69) is 74.6 Å². The van der Waals surface area contributed by atoms with Gasteiger partial charge in [0.15, 0.2) is 0 Å². The van der Waals surface area contributed by atoms with Crippen LogP contribution < -0.4 is 0 Å². The van der Waals surface area contributed by atoms with E-state index in [4.69, 9.17) is 4.91 Å². The van der Waals surface area contributed by atoms with Gasteiger partial charge in [0.05, 0.1) is 0 Å². The first-order valence-corrected chi connectivity index (χ1v) is 13.7. The Labute approximate surface area is 208 Å². The van der Waals surface area contributed by atoms with E-state index in [-0.39, 0.29) is 0 Å². The van der Waals surface area contributed by atoms with Crippen LogP contribution in [0.1, 0.15) is 114 Å². The van der Waals surface area contributed by atoms with Crippen LogP contribution in [0.25, 0.3) is 11.1 Å². The minimum Gasteiger partial charge on any atom is -0.154 e. The Hall–Kier alpha value is -2.22. The van der Waals surface area contributed by atoms with Gasteiger partial charge in [-0.15, -0.1) is 0 Å². The molecule has 4 rings (SSSR count). The molecule has 0 amide bonds. The first-order valence-electron chi connectivity index (χ1n) is 13.7. The topological polar surface area (TPSA) is 40.9 Å². The quantitative estimate of drug-likeness (QED) is 0.238. The van der Waals surface area contributed by atoms with Crippen molar-refractivity contribution in [2.45, 2.75) is 103 Å². The molecule has 2 aliphatic carbocycles. The van der Waals surface area contributed by atoms with Crippen LogP contribution in [0.3, 0.4) is 0 Å². The van der Waals surface area contributed by atoms with E-state index in [0.29, 0.717) is 0 Å². The fourth-order valence-corrected chi connectivity index (χ4v) is 6.28. The van der Waals surface area contributed by atoms with E-state index in [1.807, 2.05) is 0 Å². The van der Waals surface area contributed by atoms with Crippen LogP contribution in [0, 0.1) is 22.3 Å². The molecule has 0 heterocycles. The van der Waals surface area contributed by atoms with Crippen LogP contribution in [-0.4, -0.2) is 0 Å². The number of benzene rings is 2. The molecule has 0 aliphatic heterocycles. The average molecular weight is 460 g/mol. The van der Waals surface area contributed by atoms with E-state index in [1.54, 1.807) is 5.56 Å². The summed E-state index contributed by atoms with van der Waals surface area (Å²) in [5.41, 5.74) is 11.7. The Balaban J connectivity index is 0.00000158. The Morgan fingerprint density at radius 3 is 1.59 bits per heavy atom. The number of nitrogens with one attached hydrogen (secondary N) is 1. The van der Waals surface area contributed by atoms with Gasteiger partial charge in [0.2, 0.25) is 0 Å². The summed E-state index contributed by atoms with van der Waals surface area (Å²) in [6.45, 7) is 8.68. The lowest BCUT2D eigenvalue weighted by molar-refractivity contribution is 0.303. The van der Waals surface area contributed by atoms with Crippen LogP contribution in [0.2, 0.25) is 0 Å². The molecule has 2 fully saturated rings. The van der Waals surface area contributed by atoms with Gasteiger partial charge in [0.25, 0.3) is 0 Å². The minimum absolute atomic E-state index is 0.735. The van der Waals surface area contributed by atoms with Crippen molar-refractivity contribution >= 4 is 0 Å². The second kappa shape index (κ2) is 13.6. The highest BCUT2D eigenvalue weighted by Gasteiger charge is 2.23. The van der Waals surface area contributed by atoms with Gasteiger partial charge in [-0.1, -0.05) is 98.9 Å². The maximum Gasteiger partial charge on any atom is -0.0162 e. The van der Waals surface area contributed by atoms with Gasteiger partial charge in [-0.05, 0) is 104 Å². The van der Waals surface area contributed by atoms with Gasteiger partial charge < -0.3 is 0 Å². The molecule has 0 aromatic heterocycles. The summed E-state index contributed by atoms with van der Waals surface area (Å²) in [7, 11) is 0.